The lowest BCUT2D eigenvalue weighted by Gasteiger charge is -2.00. The van der Waals surface area contributed by atoms with Crippen molar-refractivity contribution in [3.63, 3.8) is 0 Å². The first-order valence-electron chi connectivity index (χ1n) is 4.20. The number of allylic oxidation sites excluding steroid dienone is 1. The predicted octanol–water partition coefficient (Wildman–Crippen LogP) is 3.17. The molecule has 0 N–H and O–H groups in total. The monoisotopic (exact) mass is 212 g/mol. The number of hydrogen-bond acceptors (Lipinski definition) is 1. The molecule has 0 radical (unpaired) electrons. The third kappa shape index (κ3) is 2.96. The zero-order valence-electron chi connectivity index (χ0n) is 7.59. The Morgan fingerprint density at radius 1 is 1.57 bits per heavy atom. The highest BCUT2D eigenvalue weighted by Gasteiger charge is 2.04. The van der Waals surface area contributed by atoms with Gasteiger partial charge in [0.15, 0.2) is 0 Å². The van der Waals surface area contributed by atoms with Crippen LogP contribution in [0.4, 0.5) is 4.39 Å². The van der Waals surface area contributed by atoms with E-state index in [0.29, 0.717) is 6.42 Å². The van der Waals surface area contributed by atoms with Crippen LogP contribution in [0.2, 0.25) is 5.02 Å². The van der Waals surface area contributed by atoms with Crippen LogP contribution in [0.5, 0.6) is 0 Å². The fraction of sp³-hybridized carbons (Fsp3) is 0.182. The first kappa shape index (κ1) is 10.9. The van der Waals surface area contributed by atoms with Crippen molar-refractivity contribution in [2.75, 3.05) is 0 Å². The highest BCUT2D eigenvalue weighted by molar-refractivity contribution is 6.30. The van der Waals surface area contributed by atoms with Crippen LogP contribution in [0.15, 0.2) is 30.9 Å². The van der Waals surface area contributed by atoms with E-state index < -0.39 is 5.82 Å². The lowest BCUT2D eigenvalue weighted by molar-refractivity contribution is -0.117. The summed E-state index contributed by atoms with van der Waals surface area (Å²) in [5.41, 5.74) is 0.725. The molecule has 0 fully saturated rings. The van der Waals surface area contributed by atoms with E-state index >= 15 is 0 Å². The average molecular weight is 213 g/mol. The Morgan fingerprint density at radius 2 is 2.29 bits per heavy atom. The third-order valence-corrected chi connectivity index (χ3v) is 2.05. The number of rotatable bonds is 4. The summed E-state index contributed by atoms with van der Waals surface area (Å²) in [5, 5.41) is 0.0499. The Bertz CT molecular complexity index is 360. The number of ketones is 1. The standard InChI is InChI=1S/C11H10ClFO/c1-2-3-9(14)6-8-4-5-11(13)10(12)7-8/h2,4-5,7H,1,3,6H2. The summed E-state index contributed by atoms with van der Waals surface area (Å²) < 4.78 is 12.8. The zero-order valence-corrected chi connectivity index (χ0v) is 8.35. The molecule has 0 aromatic heterocycles. The molecule has 0 saturated heterocycles. The number of halogens is 2. The summed E-state index contributed by atoms with van der Waals surface area (Å²) >= 11 is 5.57. The van der Waals surface area contributed by atoms with Crippen molar-refractivity contribution in [1.29, 1.82) is 0 Å². The van der Waals surface area contributed by atoms with E-state index in [4.69, 9.17) is 11.6 Å². The molecule has 0 spiro atoms. The Morgan fingerprint density at radius 3 is 2.86 bits per heavy atom. The Labute approximate surface area is 87.2 Å². The molecule has 0 amide bonds. The van der Waals surface area contributed by atoms with E-state index in [2.05, 4.69) is 6.58 Å². The maximum absolute atomic E-state index is 12.8. The van der Waals surface area contributed by atoms with Gasteiger partial charge in [-0.05, 0) is 17.7 Å². The van der Waals surface area contributed by atoms with E-state index in [1.54, 1.807) is 12.1 Å². The molecule has 0 aliphatic rings. The molecule has 0 saturated carbocycles. The summed E-state index contributed by atoms with van der Waals surface area (Å²) in [5.74, 6) is -0.422. The minimum absolute atomic E-state index is 0.0441. The van der Waals surface area contributed by atoms with Gasteiger partial charge in [0, 0.05) is 12.8 Å². The van der Waals surface area contributed by atoms with Crippen LogP contribution in [0, 0.1) is 5.82 Å². The van der Waals surface area contributed by atoms with Gasteiger partial charge in [-0.25, -0.2) is 4.39 Å². The molecule has 0 bridgehead atoms. The summed E-state index contributed by atoms with van der Waals surface area (Å²) in [7, 11) is 0. The topological polar surface area (TPSA) is 17.1 Å². The summed E-state index contributed by atoms with van der Waals surface area (Å²) in [4.78, 5) is 11.2. The van der Waals surface area contributed by atoms with Crippen LogP contribution >= 0.6 is 11.6 Å². The van der Waals surface area contributed by atoms with Gasteiger partial charge < -0.3 is 0 Å². The second-order valence-corrected chi connectivity index (χ2v) is 3.36. The van der Waals surface area contributed by atoms with Gasteiger partial charge in [-0.1, -0.05) is 23.7 Å². The van der Waals surface area contributed by atoms with Crippen molar-refractivity contribution in [2.45, 2.75) is 12.8 Å². The van der Waals surface area contributed by atoms with Crippen molar-refractivity contribution in [1.82, 2.24) is 0 Å². The fourth-order valence-electron chi connectivity index (χ4n) is 1.11. The quantitative estimate of drug-likeness (QED) is 0.701. The molecule has 0 atom stereocenters. The van der Waals surface area contributed by atoms with Gasteiger partial charge in [0.05, 0.1) is 5.02 Å². The van der Waals surface area contributed by atoms with Gasteiger partial charge in [0.2, 0.25) is 0 Å². The van der Waals surface area contributed by atoms with Crippen LogP contribution in [0.1, 0.15) is 12.0 Å². The van der Waals surface area contributed by atoms with E-state index in [0.717, 1.165) is 5.56 Å². The molecule has 1 rings (SSSR count). The Hall–Kier alpha value is -1.15. The first-order chi connectivity index (χ1) is 6.63. The second kappa shape index (κ2) is 4.91. The maximum atomic E-state index is 12.8. The van der Waals surface area contributed by atoms with Crippen molar-refractivity contribution >= 4 is 17.4 Å². The predicted molar refractivity (Wildman–Crippen MR) is 54.9 cm³/mol. The van der Waals surface area contributed by atoms with E-state index in [1.165, 1.54) is 12.1 Å². The number of benzene rings is 1. The van der Waals surface area contributed by atoms with Gasteiger partial charge in [-0.15, -0.1) is 6.58 Å². The van der Waals surface area contributed by atoms with E-state index in [1.807, 2.05) is 0 Å². The minimum Gasteiger partial charge on any atom is -0.299 e. The fourth-order valence-corrected chi connectivity index (χ4v) is 1.31. The number of carbonyl (C=O) groups excluding carboxylic acids is 1. The van der Waals surface area contributed by atoms with Crippen molar-refractivity contribution in [3.8, 4) is 0 Å². The molecule has 74 valence electrons. The molecule has 0 unspecified atom stereocenters. The Kier molecular flexibility index (Phi) is 3.84. The number of hydrogen-bond donors (Lipinski definition) is 0. The van der Waals surface area contributed by atoms with Crippen LogP contribution in [-0.4, -0.2) is 5.78 Å². The van der Waals surface area contributed by atoms with Crippen LogP contribution in [-0.2, 0) is 11.2 Å². The lowest BCUT2D eigenvalue weighted by Crippen LogP contribution is -2.00. The van der Waals surface area contributed by atoms with Gasteiger partial charge in [-0.3, -0.25) is 4.79 Å². The summed E-state index contributed by atoms with van der Waals surface area (Å²) in [6.07, 6.45) is 2.15. The molecule has 0 aliphatic heterocycles. The smallest absolute Gasteiger partial charge is 0.141 e. The summed E-state index contributed by atoms with van der Waals surface area (Å²) in [6, 6.07) is 4.29. The Balaban J connectivity index is 2.72. The zero-order chi connectivity index (χ0) is 10.6. The molecule has 14 heavy (non-hydrogen) atoms. The average Bonchev–Trinajstić information content (AvgIpc) is 2.12. The molecular weight excluding hydrogens is 203 g/mol. The van der Waals surface area contributed by atoms with Crippen LogP contribution in [0.3, 0.4) is 0 Å². The molecule has 1 aromatic rings. The molecule has 0 aliphatic carbocycles. The molecule has 1 aromatic carbocycles. The normalized spacial score (nSPS) is 9.86. The number of Topliss-reactive ketones (excluding diaryl/α,β-unsaturated/α-hetero) is 1. The molecule has 1 nitrogen and oxygen atoms in total. The molecular formula is C11H10ClFO. The van der Waals surface area contributed by atoms with Gasteiger partial charge in [0.1, 0.15) is 11.6 Å². The van der Waals surface area contributed by atoms with Crippen molar-refractivity contribution < 1.29 is 9.18 Å². The molecule has 3 heteroatoms. The molecule has 0 heterocycles. The number of carbonyl (C=O) groups is 1. The van der Waals surface area contributed by atoms with Gasteiger partial charge in [0.25, 0.3) is 0 Å². The third-order valence-electron chi connectivity index (χ3n) is 1.76. The SMILES string of the molecule is C=CCC(=O)Cc1ccc(F)c(Cl)c1. The lowest BCUT2D eigenvalue weighted by atomic mass is 10.1. The first-order valence-corrected chi connectivity index (χ1v) is 4.58. The summed E-state index contributed by atoms with van der Waals surface area (Å²) in [6.45, 7) is 3.47. The highest BCUT2D eigenvalue weighted by Crippen LogP contribution is 2.16. The van der Waals surface area contributed by atoms with Crippen LogP contribution in [0.25, 0.3) is 0 Å². The largest absolute Gasteiger partial charge is 0.299 e. The highest BCUT2D eigenvalue weighted by atomic mass is 35.5. The van der Waals surface area contributed by atoms with Gasteiger partial charge in [-0.2, -0.15) is 0 Å². The van der Waals surface area contributed by atoms with Crippen molar-refractivity contribution in [2.24, 2.45) is 0 Å². The van der Waals surface area contributed by atoms with E-state index in [-0.39, 0.29) is 17.2 Å². The van der Waals surface area contributed by atoms with Gasteiger partial charge >= 0.3 is 0 Å². The van der Waals surface area contributed by atoms with Crippen molar-refractivity contribution in [3.05, 3.63) is 47.3 Å². The van der Waals surface area contributed by atoms with E-state index in [9.17, 15) is 9.18 Å². The van der Waals surface area contributed by atoms with Crippen LogP contribution < -0.4 is 0 Å². The maximum Gasteiger partial charge on any atom is 0.141 e. The minimum atomic E-state index is -0.466. The second-order valence-electron chi connectivity index (χ2n) is 2.96.